The SMILES string of the molecule is FC(F)C1CCN(C2CCNCC2)C1. The predicted octanol–water partition coefficient (Wildman–Crippen LogP) is 1.33. The van der Waals surface area contributed by atoms with Gasteiger partial charge in [0.1, 0.15) is 0 Å². The number of alkyl halides is 2. The van der Waals surface area contributed by atoms with Crippen LogP contribution in [-0.2, 0) is 0 Å². The second-order valence-electron chi connectivity index (χ2n) is 4.36. The number of likely N-dealkylation sites (tertiary alicyclic amines) is 1. The Kier molecular flexibility index (Phi) is 3.34. The Hall–Kier alpha value is -0.220. The van der Waals surface area contributed by atoms with E-state index in [4.69, 9.17) is 0 Å². The first-order valence-corrected chi connectivity index (χ1v) is 5.50. The molecular formula is C10H18F2N2. The van der Waals surface area contributed by atoms with Gasteiger partial charge in [-0.1, -0.05) is 0 Å². The largest absolute Gasteiger partial charge is 0.317 e. The summed E-state index contributed by atoms with van der Waals surface area (Å²) in [4.78, 5) is 2.26. The average Bonchev–Trinajstić information content (AvgIpc) is 2.68. The van der Waals surface area contributed by atoms with Gasteiger partial charge in [-0.05, 0) is 38.9 Å². The summed E-state index contributed by atoms with van der Waals surface area (Å²) in [6.07, 6.45) is 0.801. The van der Waals surface area contributed by atoms with Gasteiger partial charge < -0.3 is 5.32 Å². The number of hydrogen-bond donors (Lipinski definition) is 1. The van der Waals surface area contributed by atoms with E-state index in [0.717, 1.165) is 32.5 Å². The maximum atomic E-state index is 12.4. The van der Waals surface area contributed by atoms with Crippen LogP contribution in [0.1, 0.15) is 19.3 Å². The summed E-state index contributed by atoms with van der Waals surface area (Å²) in [7, 11) is 0. The van der Waals surface area contributed by atoms with Gasteiger partial charge in [-0.3, -0.25) is 4.90 Å². The second kappa shape index (κ2) is 4.53. The molecule has 82 valence electrons. The van der Waals surface area contributed by atoms with E-state index in [2.05, 4.69) is 10.2 Å². The topological polar surface area (TPSA) is 15.3 Å². The van der Waals surface area contributed by atoms with Crippen LogP contribution in [-0.4, -0.2) is 43.5 Å². The van der Waals surface area contributed by atoms with Gasteiger partial charge in [-0.15, -0.1) is 0 Å². The summed E-state index contributed by atoms with van der Waals surface area (Å²) in [6, 6.07) is 0.556. The monoisotopic (exact) mass is 204 g/mol. The van der Waals surface area contributed by atoms with Gasteiger partial charge in [0.15, 0.2) is 0 Å². The van der Waals surface area contributed by atoms with Crippen LogP contribution in [0.15, 0.2) is 0 Å². The quantitative estimate of drug-likeness (QED) is 0.730. The number of nitrogens with one attached hydrogen (secondary N) is 1. The van der Waals surface area contributed by atoms with Gasteiger partial charge in [-0.2, -0.15) is 0 Å². The minimum Gasteiger partial charge on any atom is -0.317 e. The summed E-state index contributed by atoms with van der Waals surface area (Å²) in [5.74, 6) is -0.370. The fourth-order valence-corrected chi connectivity index (χ4v) is 2.52. The molecule has 0 aromatic rings. The van der Waals surface area contributed by atoms with Crippen molar-refractivity contribution in [2.75, 3.05) is 26.2 Å². The Morgan fingerprint density at radius 2 is 1.86 bits per heavy atom. The molecule has 2 fully saturated rings. The number of nitrogens with zero attached hydrogens (tertiary/aromatic N) is 1. The van der Waals surface area contributed by atoms with Gasteiger partial charge in [-0.25, -0.2) is 8.78 Å². The molecule has 0 amide bonds. The van der Waals surface area contributed by atoms with Crippen LogP contribution in [0.4, 0.5) is 8.78 Å². The molecule has 0 saturated carbocycles. The first kappa shape index (κ1) is 10.3. The zero-order chi connectivity index (χ0) is 9.97. The molecule has 2 rings (SSSR count). The van der Waals surface area contributed by atoms with Gasteiger partial charge >= 0.3 is 0 Å². The Morgan fingerprint density at radius 1 is 1.14 bits per heavy atom. The first-order chi connectivity index (χ1) is 6.77. The van der Waals surface area contributed by atoms with Crippen molar-refractivity contribution in [3.8, 4) is 0 Å². The number of piperidine rings is 1. The van der Waals surface area contributed by atoms with Crippen molar-refractivity contribution in [3.63, 3.8) is 0 Å². The van der Waals surface area contributed by atoms with Gasteiger partial charge in [0.2, 0.25) is 6.43 Å². The summed E-state index contributed by atoms with van der Waals surface area (Å²) in [5, 5.41) is 3.30. The molecule has 2 heterocycles. The second-order valence-corrected chi connectivity index (χ2v) is 4.36. The van der Waals surface area contributed by atoms with E-state index in [0.29, 0.717) is 19.0 Å². The van der Waals surface area contributed by atoms with Crippen molar-refractivity contribution >= 4 is 0 Å². The maximum absolute atomic E-state index is 12.4. The van der Waals surface area contributed by atoms with E-state index in [1.54, 1.807) is 0 Å². The fourth-order valence-electron chi connectivity index (χ4n) is 2.52. The molecule has 0 aromatic heterocycles. The zero-order valence-electron chi connectivity index (χ0n) is 8.38. The molecular weight excluding hydrogens is 186 g/mol. The molecule has 2 aliphatic rings. The van der Waals surface area contributed by atoms with Crippen LogP contribution in [0.25, 0.3) is 0 Å². The summed E-state index contributed by atoms with van der Waals surface area (Å²) < 4.78 is 24.9. The lowest BCUT2D eigenvalue weighted by Gasteiger charge is -2.31. The van der Waals surface area contributed by atoms with Crippen molar-refractivity contribution in [1.29, 1.82) is 0 Å². The summed E-state index contributed by atoms with van der Waals surface area (Å²) in [5.41, 5.74) is 0. The molecule has 14 heavy (non-hydrogen) atoms. The molecule has 0 aromatic carbocycles. The third kappa shape index (κ3) is 2.23. The highest BCUT2D eigenvalue weighted by molar-refractivity contribution is 4.85. The number of rotatable bonds is 2. The van der Waals surface area contributed by atoms with Crippen LogP contribution >= 0.6 is 0 Å². The Morgan fingerprint density at radius 3 is 2.43 bits per heavy atom. The Balaban J connectivity index is 1.82. The average molecular weight is 204 g/mol. The van der Waals surface area contributed by atoms with E-state index < -0.39 is 6.43 Å². The molecule has 2 nitrogen and oxygen atoms in total. The van der Waals surface area contributed by atoms with Crippen LogP contribution < -0.4 is 5.32 Å². The summed E-state index contributed by atoms with van der Waals surface area (Å²) in [6.45, 7) is 3.57. The highest BCUT2D eigenvalue weighted by atomic mass is 19.3. The smallest absolute Gasteiger partial charge is 0.242 e. The van der Waals surface area contributed by atoms with Crippen molar-refractivity contribution in [3.05, 3.63) is 0 Å². The molecule has 1 atom stereocenters. The standard InChI is InChI=1S/C10H18F2N2/c11-10(12)8-3-6-14(7-8)9-1-4-13-5-2-9/h8-10,13H,1-7H2. The van der Waals surface area contributed by atoms with E-state index in [9.17, 15) is 8.78 Å². The summed E-state index contributed by atoms with van der Waals surface area (Å²) >= 11 is 0. The number of halogens is 2. The highest BCUT2D eigenvalue weighted by Gasteiger charge is 2.33. The molecule has 0 radical (unpaired) electrons. The van der Waals surface area contributed by atoms with Crippen molar-refractivity contribution < 1.29 is 8.78 Å². The lowest BCUT2D eigenvalue weighted by Crippen LogP contribution is -2.42. The van der Waals surface area contributed by atoms with Gasteiger partial charge in [0, 0.05) is 18.5 Å². The van der Waals surface area contributed by atoms with Gasteiger partial charge in [0.05, 0.1) is 0 Å². The van der Waals surface area contributed by atoms with Crippen molar-refractivity contribution in [2.24, 2.45) is 5.92 Å². The predicted molar refractivity (Wildman–Crippen MR) is 51.6 cm³/mol. The van der Waals surface area contributed by atoms with E-state index in [-0.39, 0.29) is 5.92 Å². The zero-order valence-corrected chi connectivity index (χ0v) is 8.38. The number of hydrogen-bond acceptors (Lipinski definition) is 2. The fraction of sp³-hybridized carbons (Fsp3) is 1.00. The molecule has 2 saturated heterocycles. The van der Waals surface area contributed by atoms with Crippen LogP contribution in [0.5, 0.6) is 0 Å². The normalized spacial score (nSPS) is 31.5. The lowest BCUT2D eigenvalue weighted by molar-refractivity contribution is 0.0751. The van der Waals surface area contributed by atoms with E-state index in [1.165, 1.54) is 0 Å². The molecule has 0 aliphatic carbocycles. The lowest BCUT2D eigenvalue weighted by atomic mass is 10.1. The van der Waals surface area contributed by atoms with Crippen LogP contribution in [0.2, 0.25) is 0 Å². The van der Waals surface area contributed by atoms with E-state index >= 15 is 0 Å². The van der Waals surface area contributed by atoms with Crippen LogP contribution in [0.3, 0.4) is 0 Å². The molecule has 0 spiro atoms. The molecule has 0 bridgehead atoms. The molecule has 1 unspecified atom stereocenters. The van der Waals surface area contributed by atoms with Crippen molar-refractivity contribution in [2.45, 2.75) is 31.7 Å². The maximum Gasteiger partial charge on any atom is 0.242 e. The van der Waals surface area contributed by atoms with Crippen molar-refractivity contribution in [1.82, 2.24) is 10.2 Å². The third-order valence-electron chi connectivity index (χ3n) is 3.44. The molecule has 1 N–H and O–H groups in total. The van der Waals surface area contributed by atoms with Crippen LogP contribution in [0, 0.1) is 5.92 Å². The van der Waals surface area contributed by atoms with Gasteiger partial charge in [0.25, 0.3) is 0 Å². The minimum atomic E-state index is -2.12. The molecule has 2 aliphatic heterocycles. The third-order valence-corrected chi connectivity index (χ3v) is 3.44. The molecule has 4 heteroatoms. The Labute approximate surface area is 83.7 Å². The Bertz CT molecular complexity index is 181. The minimum absolute atomic E-state index is 0.370. The highest BCUT2D eigenvalue weighted by Crippen LogP contribution is 2.26. The van der Waals surface area contributed by atoms with E-state index in [1.807, 2.05) is 0 Å². The first-order valence-electron chi connectivity index (χ1n) is 5.50.